The maximum Gasteiger partial charge on any atom is 0.338 e. The van der Waals surface area contributed by atoms with Crippen LogP contribution in [0.2, 0.25) is 0 Å². The third-order valence-corrected chi connectivity index (χ3v) is 5.12. The van der Waals surface area contributed by atoms with Gasteiger partial charge in [-0.25, -0.2) is 4.79 Å². The number of aliphatic hydroxyl groups is 1. The number of nitrogens with two attached hydrogens (primary N) is 1. The van der Waals surface area contributed by atoms with E-state index < -0.39 is 5.97 Å². The first-order valence-corrected chi connectivity index (χ1v) is 7.94. The molecule has 0 aliphatic carbocycles. The van der Waals surface area contributed by atoms with E-state index in [0.717, 1.165) is 17.0 Å². The number of thiophene rings is 1. The average Bonchev–Trinajstić information content (AvgIpc) is 2.82. The van der Waals surface area contributed by atoms with Gasteiger partial charge in [0, 0.05) is 24.0 Å². The van der Waals surface area contributed by atoms with Gasteiger partial charge in [0.05, 0.1) is 12.2 Å². The third kappa shape index (κ3) is 2.72. The molecule has 0 saturated heterocycles. The Balaban J connectivity index is 1.89. The van der Waals surface area contributed by atoms with E-state index in [1.165, 1.54) is 16.9 Å². The van der Waals surface area contributed by atoms with Crippen LogP contribution >= 0.6 is 11.3 Å². The van der Waals surface area contributed by atoms with Crippen molar-refractivity contribution in [3.63, 3.8) is 0 Å². The van der Waals surface area contributed by atoms with E-state index in [4.69, 9.17) is 5.73 Å². The highest BCUT2D eigenvalue weighted by molar-refractivity contribution is 7.16. The van der Waals surface area contributed by atoms with Crippen molar-refractivity contribution in [3.8, 4) is 0 Å². The second-order valence-corrected chi connectivity index (χ2v) is 6.62. The molecular formula is C16H18N2O3S. The van der Waals surface area contributed by atoms with E-state index in [9.17, 15) is 15.0 Å². The highest BCUT2D eigenvalue weighted by Crippen LogP contribution is 2.37. The molecule has 1 aromatic carbocycles. The van der Waals surface area contributed by atoms with Crippen molar-refractivity contribution in [3.05, 3.63) is 51.9 Å². The summed E-state index contributed by atoms with van der Waals surface area (Å²) in [7, 11) is 0. The first-order chi connectivity index (χ1) is 10.6. The van der Waals surface area contributed by atoms with Crippen LogP contribution in [0.5, 0.6) is 0 Å². The topological polar surface area (TPSA) is 86.8 Å². The summed E-state index contributed by atoms with van der Waals surface area (Å²) in [6, 6.07) is 9.97. The number of hydrogen-bond donors (Lipinski definition) is 3. The van der Waals surface area contributed by atoms with Gasteiger partial charge in [-0.2, -0.15) is 0 Å². The lowest BCUT2D eigenvalue weighted by atomic mass is 9.96. The van der Waals surface area contributed by atoms with Gasteiger partial charge < -0.3 is 15.9 Å². The van der Waals surface area contributed by atoms with Gasteiger partial charge >= 0.3 is 5.97 Å². The lowest BCUT2D eigenvalue weighted by molar-refractivity contribution is 0.0691. The molecule has 1 unspecified atom stereocenters. The van der Waals surface area contributed by atoms with E-state index in [1.807, 2.05) is 18.2 Å². The summed E-state index contributed by atoms with van der Waals surface area (Å²) in [5.74, 6) is -0.983. The molecule has 1 aromatic heterocycles. The third-order valence-electron chi connectivity index (χ3n) is 4.07. The number of fused-ring (bicyclic) bond motifs is 1. The number of benzene rings is 1. The Bertz CT molecular complexity index is 684. The number of rotatable bonds is 4. The Hall–Kier alpha value is -1.89. The summed E-state index contributed by atoms with van der Waals surface area (Å²) in [6.45, 7) is 1.35. The lowest BCUT2D eigenvalue weighted by Gasteiger charge is -2.34. The van der Waals surface area contributed by atoms with Crippen LogP contribution in [0.1, 0.15) is 26.4 Å². The number of hydrogen-bond acceptors (Lipinski definition) is 5. The normalized spacial score (nSPS) is 18.1. The van der Waals surface area contributed by atoms with Crippen LogP contribution in [0.3, 0.4) is 0 Å². The molecule has 116 valence electrons. The summed E-state index contributed by atoms with van der Waals surface area (Å²) in [5, 5.41) is 19.4. The summed E-state index contributed by atoms with van der Waals surface area (Å²) < 4.78 is 0. The maximum atomic E-state index is 11.4. The molecule has 22 heavy (non-hydrogen) atoms. The minimum Gasteiger partial charge on any atom is -0.478 e. The Morgan fingerprint density at radius 1 is 1.36 bits per heavy atom. The van der Waals surface area contributed by atoms with E-state index in [1.54, 1.807) is 0 Å². The van der Waals surface area contributed by atoms with E-state index >= 15 is 0 Å². The number of carbonyl (C=O) groups is 1. The van der Waals surface area contributed by atoms with Crippen molar-refractivity contribution < 1.29 is 15.0 Å². The molecule has 1 aliphatic rings. The predicted octanol–water partition coefficient (Wildman–Crippen LogP) is 1.95. The molecule has 0 fully saturated rings. The molecular weight excluding hydrogens is 300 g/mol. The molecule has 1 aliphatic heterocycles. The fraction of sp³-hybridized carbons (Fsp3) is 0.312. The van der Waals surface area contributed by atoms with Crippen LogP contribution in [-0.2, 0) is 19.5 Å². The van der Waals surface area contributed by atoms with Gasteiger partial charge in [-0.3, -0.25) is 4.90 Å². The Morgan fingerprint density at radius 2 is 2.09 bits per heavy atom. The van der Waals surface area contributed by atoms with Gasteiger partial charge in [-0.05, 0) is 17.5 Å². The molecule has 5 nitrogen and oxygen atoms in total. The van der Waals surface area contributed by atoms with Crippen molar-refractivity contribution in [1.29, 1.82) is 0 Å². The molecule has 0 bridgehead atoms. The Labute approximate surface area is 132 Å². The molecule has 0 radical (unpaired) electrons. The van der Waals surface area contributed by atoms with Crippen LogP contribution in [0.25, 0.3) is 0 Å². The number of nitrogen functional groups attached to an aromatic ring is 1. The van der Waals surface area contributed by atoms with Gasteiger partial charge in [-0.15, -0.1) is 11.3 Å². The van der Waals surface area contributed by atoms with Crippen LogP contribution < -0.4 is 5.73 Å². The minimum absolute atomic E-state index is 0.00108. The van der Waals surface area contributed by atoms with Gasteiger partial charge in [0.2, 0.25) is 0 Å². The Morgan fingerprint density at radius 3 is 2.73 bits per heavy atom. The molecule has 0 saturated carbocycles. The highest BCUT2D eigenvalue weighted by atomic mass is 32.1. The van der Waals surface area contributed by atoms with Crippen LogP contribution in [0.4, 0.5) is 5.00 Å². The van der Waals surface area contributed by atoms with E-state index in [-0.39, 0.29) is 18.2 Å². The molecule has 0 amide bonds. The second-order valence-electron chi connectivity index (χ2n) is 5.48. The van der Waals surface area contributed by atoms with Gasteiger partial charge in [-0.1, -0.05) is 30.3 Å². The number of carboxylic acids is 1. The fourth-order valence-electron chi connectivity index (χ4n) is 2.97. The highest BCUT2D eigenvalue weighted by Gasteiger charge is 2.32. The molecule has 4 N–H and O–H groups in total. The van der Waals surface area contributed by atoms with Crippen molar-refractivity contribution >= 4 is 22.3 Å². The fourth-order valence-corrected chi connectivity index (χ4v) is 4.09. The predicted molar refractivity (Wildman–Crippen MR) is 86.0 cm³/mol. The lowest BCUT2D eigenvalue weighted by Crippen LogP contribution is -2.42. The SMILES string of the molecule is Nc1sc2c(c1C(=O)O)CC(CO)N(Cc1ccccc1)C2. The second kappa shape index (κ2) is 6.08. The molecule has 3 rings (SSSR count). The monoisotopic (exact) mass is 318 g/mol. The number of aromatic carboxylic acids is 1. The van der Waals surface area contributed by atoms with Crippen molar-refractivity contribution in [2.45, 2.75) is 25.6 Å². The molecule has 6 heteroatoms. The zero-order valence-electron chi connectivity index (χ0n) is 12.0. The van der Waals surface area contributed by atoms with Crippen molar-refractivity contribution in [1.82, 2.24) is 4.90 Å². The zero-order chi connectivity index (χ0) is 15.7. The minimum atomic E-state index is -0.983. The summed E-state index contributed by atoms with van der Waals surface area (Å²) in [4.78, 5) is 14.5. The van der Waals surface area contributed by atoms with Gasteiger partial charge in [0.25, 0.3) is 0 Å². The Kier molecular flexibility index (Phi) is 4.15. The average molecular weight is 318 g/mol. The number of carboxylic acid groups (broad SMARTS) is 1. The summed E-state index contributed by atoms with van der Waals surface area (Å²) in [5.41, 5.74) is 8.05. The largest absolute Gasteiger partial charge is 0.478 e. The number of aliphatic hydroxyl groups excluding tert-OH is 1. The quantitative estimate of drug-likeness (QED) is 0.802. The van der Waals surface area contributed by atoms with E-state index in [2.05, 4.69) is 17.0 Å². The first kappa shape index (κ1) is 15.0. The van der Waals surface area contributed by atoms with Crippen LogP contribution in [0, 0.1) is 0 Å². The van der Waals surface area contributed by atoms with Crippen LogP contribution in [0.15, 0.2) is 30.3 Å². The molecule has 2 aromatic rings. The standard InChI is InChI=1S/C16H18N2O3S/c17-15-14(16(20)21)12-6-11(9-19)18(8-13(12)22-15)7-10-4-2-1-3-5-10/h1-5,11,19H,6-9,17H2,(H,20,21). The molecule has 2 heterocycles. The van der Waals surface area contributed by atoms with Gasteiger partial charge in [0.1, 0.15) is 5.00 Å². The zero-order valence-corrected chi connectivity index (χ0v) is 12.8. The van der Waals surface area contributed by atoms with Crippen molar-refractivity contribution in [2.24, 2.45) is 0 Å². The maximum absolute atomic E-state index is 11.4. The smallest absolute Gasteiger partial charge is 0.338 e. The van der Waals surface area contributed by atoms with Crippen molar-refractivity contribution in [2.75, 3.05) is 12.3 Å². The molecule has 1 atom stereocenters. The number of nitrogens with zero attached hydrogens (tertiary/aromatic N) is 1. The molecule has 0 spiro atoms. The summed E-state index contributed by atoms with van der Waals surface area (Å²) in [6.07, 6.45) is 0.522. The van der Waals surface area contributed by atoms with Gasteiger partial charge in [0.15, 0.2) is 0 Å². The van der Waals surface area contributed by atoms with E-state index in [0.29, 0.717) is 18.0 Å². The summed E-state index contributed by atoms with van der Waals surface area (Å²) >= 11 is 1.35. The first-order valence-electron chi connectivity index (χ1n) is 7.12. The van der Waals surface area contributed by atoms with Crippen LogP contribution in [-0.4, -0.2) is 33.7 Å². The number of anilines is 1.